The molecular formula is C24H19N7O3S. The van der Waals surface area contributed by atoms with Crippen molar-refractivity contribution in [1.82, 2.24) is 14.6 Å². The topological polar surface area (TPSA) is 130 Å². The van der Waals surface area contributed by atoms with Gasteiger partial charge in [0.1, 0.15) is 5.04 Å². The maximum absolute atomic E-state index is 12.9. The normalized spacial score (nSPS) is 16.4. The van der Waals surface area contributed by atoms with E-state index in [4.69, 9.17) is 5.41 Å². The number of fused-ring (bicyclic) bond motifs is 1. The first-order valence-corrected chi connectivity index (χ1v) is 11.4. The van der Waals surface area contributed by atoms with Gasteiger partial charge < -0.3 is 4.57 Å². The summed E-state index contributed by atoms with van der Waals surface area (Å²) in [5.41, 5.74) is 4.78. The number of non-ortho nitro benzene ring substituents is 1. The molecule has 0 spiro atoms. The number of nitro benzene ring substituents is 1. The first-order chi connectivity index (χ1) is 16.7. The Hall–Kier alpha value is -4.38. The van der Waals surface area contributed by atoms with Gasteiger partial charge in [0.25, 0.3) is 11.6 Å². The molecule has 0 saturated heterocycles. The van der Waals surface area contributed by atoms with Crippen molar-refractivity contribution in [3.05, 3.63) is 92.6 Å². The van der Waals surface area contributed by atoms with Crippen LogP contribution < -0.4 is 0 Å². The van der Waals surface area contributed by atoms with E-state index in [1.54, 1.807) is 30.6 Å². The molecule has 2 aromatic heterocycles. The van der Waals surface area contributed by atoms with Crippen LogP contribution in [-0.2, 0) is 4.79 Å². The third-order valence-electron chi connectivity index (χ3n) is 5.78. The molecule has 1 amide bonds. The lowest BCUT2D eigenvalue weighted by atomic mass is 10.1. The zero-order valence-corrected chi connectivity index (χ0v) is 19.8. The number of amidine groups is 2. The number of pyridine rings is 1. The standard InChI is InChI=1S/C24H19N7O3S/c1-13-6-7-18(31(33)34)11-20(13)29-14(2)9-17(15(29)3)10-19-21(25)30-24(27-22(19)32)35-23(28-30)16-5-4-8-26-12-16/h4-12,25H,1-3H3. The highest BCUT2D eigenvalue weighted by molar-refractivity contribution is 8.27. The zero-order chi connectivity index (χ0) is 24.9. The number of carbonyl (C=O) groups is 1. The lowest BCUT2D eigenvalue weighted by Crippen LogP contribution is -2.35. The molecule has 0 radical (unpaired) electrons. The minimum absolute atomic E-state index is 0.00192. The molecule has 5 rings (SSSR count). The highest BCUT2D eigenvalue weighted by Gasteiger charge is 2.36. The fraction of sp³-hybridized carbons (Fsp3) is 0.125. The maximum Gasteiger partial charge on any atom is 0.283 e. The Balaban J connectivity index is 1.54. The first kappa shape index (κ1) is 22.4. The second-order valence-electron chi connectivity index (χ2n) is 8.06. The van der Waals surface area contributed by atoms with E-state index in [1.807, 2.05) is 37.5 Å². The number of rotatable bonds is 4. The number of nitrogens with one attached hydrogen (secondary N) is 1. The van der Waals surface area contributed by atoms with Gasteiger partial charge in [-0.2, -0.15) is 15.1 Å². The maximum atomic E-state index is 12.9. The van der Waals surface area contributed by atoms with Gasteiger partial charge >= 0.3 is 0 Å². The molecule has 1 aromatic carbocycles. The van der Waals surface area contributed by atoms with E-state index < -0.39 is 10.8 Å². The molecule has 0 fully saturated rings. The number of aryl methyl sites for hydroxylation is 2. The molecule has 0 bridgehead atoms. The van der Waals surface area contributed by atoms with Gasteiger partial charge in [-0.3, -0.25) is 25.3 Å². The van der Waals surface area contributed by atoms with E-state index in [-0.39, 0.29) is 17.1 Å². The number of amides is 1. The number of nitro groups is 1. The summed E-state index contributed by atoms with van der Waals surface area (Å²) in [4.78, 5) is 32.0. The highest BCUT2D eigenvalue weighted by Crippen LogP contribution is 2.32. The Morgan fingerprint density at radius 3 is 2.69 bits per heavy atom. The summed E-state index contributed by atoms with van der Waals surface area (Å²) in [7, 11) is 0. The second-order valence-corrected chi connectivity index (χ2v) is 9.01. The summed E-state index contributed by atoms with van der Waals surface area (Å²) >= 11 is 1.21. The van der Waals surface area contributed by atoms with Crippen molar-refractivity contribution in [2.45, 2.75) is 20.8 Å². The Kier molecular flexibility index (Phi) is 5.40. The monoisotopic (exact) mass is 485 g/mol. The lowest BCUT2D eigenvalue weighted by Gasteiger charge is -2.20. The van der Waals surface area contributed by atoms with Gasteiger partial charge in [0.2, 0.25) is 5.17 Å². The molecule has 35 heavy (non-hydrogen) atoms. The van der Waals surface area contributed by atoms with Crippen LogP contribution in [0.25, 0.3) is 11.8 Å². The molecule has 0 atom stereocenters. The molecule has 4 heterocycles. The Labute approximate surface area is 204 Å². The smallest absolute Gasteiger partial charge is 0.283 e. The number of benzene rings is 1. The van der Waals surface area contributed by atoms with Crippen molar-refractivity contribution >= 4 is 45.5 Å². The number of hydrazone groups is 1. The van der Waals surface area contributed by atoms with Crippen molar-refractivity contribution in [2.75, 3.05) is 0 Å². The molecule has 10 nitrogen and oxygen atoms in total. The van der Waals surface area contributed by atoms with Crippen LogP contribution in [0.3, 0.4) is 0 Å². The van der Waals surface area contributed by atoms with Crippen molar-refractivity contribution in [1.29, 1.82) is 5.41 Å². The fourth-order valence-corrected chi connectivity index (χ4v) is 4.89. The van der Waals surface area contributed by atoms with Crippen LogP contribution in [-0.4, -0.2) is 41.4 Å². The van der Waals surface area contributed by atoms with Crippen LogP contribution in [0.4, 0.5) is 5.69 Å². The Morgan fingerprint density at radius 1 is 1.17 bits per heavy atom. The highest BCUT2D eigenvalue weighted by atomic mass is 32.2. The van der Waals surface area contributed by atoms with Gasteiger partial charge in [0.15, 0.2) is 5.84 Å². The van der Waals surface area contributed by atoms with E-state index in [0.29, 0.717) is 21.5 Å². The molecule has 0 unspecified atom stereocenters. The average Bonchev–Trinajstić information content (AvgIpc) is 3.38. The van der Waals surface area contributed by atoms with Crippen LogP contribution in [0.5, 0.6) is 0 Å². The van der Waals surface area contributed by atoms with Gasteiger partial charge in [0.05, 0.1) is 16.2 Å². The minimum Gasteiger partial charge on any atom is -0.317 e. The number of nitrogens with zero attached hydrogens (tertiary/aromatic N) is 6. The van der Waals surface area contributed by atoms with Crippen molar-refractivity contribution in [2.24, 2.45) is 10.1 Å². The predicted molar refractivity (Wildman–Crippen MR) is 135 cm³/mol. The van der Waals surface area contributed by atoms with Gasteiger partial charge in [-0.15, -0.1) is 0 Å². The molecule has 2 aliphatic rings. The molecule has 174 valence electrons. The summed E-state index contributed by atoms with van der Waals surface area (Å²) in [6, 6.07) is 10.2. The van der Waals surface area contributed by atoms with E-state index in [9.17, 15) is 14.9 Å². The minimum atomic E-state index is -0.521. The van der Waals surface area contributed by atoms with Crippen molar-refractivity contribution in [3.63, 3.8) is 0 Å². The molecule has 2 aliphatic heterocycles. The number of aliphatic imine (C=N–C) groups is 1. The van der Waals surface area contributed by atoms with Crippen molar-refractivity contribution < 1.29 is 9.72 Å². The molecule has 3 aromatic rings. The number of hydrogen-bond donors (Lipinski definition) is 1. The second kappa shape index (κ2) is 8.44. The van der Waals surface area contributed by atoms with Gasteiger partial charge in [0, 0.05) is 41.5 Å². The van der Waals surface area contributed by atoms with Crippen LogP contribution >= 0.6 is 11.8 Å². The largest absolute Gasteiger partial charge is 0.317 e. The molecule has 11 heteroatoms. The number of aromatic nitrogens is 2. The summed E-state index contributed by atoms with van der Waals surface area (Å²) in [6.07, 6.45) is 4.95. The van der Waals surface area contributed by atoms with E-state index in [1.165, 1.54) is 28.9 Å². The van der Waals surface area contributed by atoms with Crippen LogP contribution in [0.1, 0.15) is 28.1 Å². The lowest BCUT2D eigenvalue weighted by molar-refractivity contribution is -0.384. The summed E-state index contributed by atoms with van der Waals surface area (Å²) in [6.45, 7) is 5.64. The molecule has 0 saturated carbocycles. The van der Waals surface area contributed by atoms with Gasteiger partial charge in [-0.25, -0.2) is 0 Å². The number of carbonyl (C=O) groups excluding carboxylic acids is 1. The number of thioether (sulfide) groups is 1. The first-order valence-electron chi connectivity index (χ1n) is 10.6. The molecule has 1 N–H and O–H groups in total. The molecular weight excluding hydrogens is 466 g/mol. The summed E-state index contributed by atoms with van der Waals surface area (Å²) < 4.78 is 1.91. The van der Waals surface area contributed by atoms with Crippen molar-refractivity contribution in [3.8, 4) is 5.69 Å². The third-order valence-corrected chi connectivity index (χ3v) is 6.74. The summed E-state index contributed by atoms with van der Waals surface area (Å²) in [5, 5.41) is 26.7. The third kappa shape index (κ3) is 3.85. The van der Waals surface area contributed by atoms with E-state index >= 15 is 0 Å². The Morgan fingerprint density at radius 2 is 1.97 bits per heavy atom. The van der Waals surface area contributed by atoms with E-state index in [2.05, 4.69) is 15.1 Å². The quantitative estimate of drug-likeness (QED) is 0.332. The fourth-order valence-electron chi connectivity index (χ4n) is 4.01. The zero-order valence-electron chi connectivity index (χ0n) is 19.0. The molecule has 0 aliphatic carbocycles. The summed E-state index contributed by atoms with van der Waals surface area (Å²) in [5.74, 6) is -0.588. The number of hydrogen-bond acceptors (Lipinski definition) is 7. The SMILES string of the molecule is Cc1ccc([N+](=O)[O-])cc1-n1c(C)cc(C=C2C(=N)N3N=C(c4cccnc4)SC3=NC2=O)c1C. The average molecular weight is 486 g/mol. The van der Waals surface area contributed by atoms with Crippen LogP contribution in [0.2, 0.25) is 0 Å². The van der Waals surface area contributed by atoms with Gasteiger partial charge in [-0.05, 0) is 67.9 Å². The van der Waals surface area contributed by atoms with E-state index in [0.717, 1.165) is 22.5 Å². The van der Waals surface area contributed by atoms with Crippen LogP contribution in [0, 0.1) is 36.3 Å². The van der Waals surface area contributed by atoms with Gasteiger partial charge in [-0.1, -0.05) is 6.07 Å². The predicted octanol–water partition coefficient (Wildman–Crippen LogP) is 4.37. The Bertz CT molecular complexity index is 1520. The van der Waals surface area contributed by atoms with Crippen LogP contribution in [0.15, 0.2) is 64.5 Å².